The van der Waals surface area contributed by atoms with Gasteiger partial charge in [-0.15, -0.1) is 0 Å². The van der Waals surface area contributed by atoms with E-state index in [1.54, 1.807) is 0 Å². The van der Waals surface area contributed by atoms with Crippen LogP contribution >= 0.6 is 15.9 Å². The van der Waals surface area contributed by atoms with Crippen molar-refractivity contribution in [1.29, 1.82) is 0 Å². The van der Waals surface area contributed by atoms with E-state index in [2.05, 4.69) is 57.6 Å². The van der Waals surface area contributed by atoms with Crippen LogP contribution in [0, 0.1) is 0 Å². The van der Waals surface area contributed by atoms with Crippen molar-refractivity contribution in [2.45, 2.75) is 18.9 Å². The zero-order chi connectivity index (χ0) is 10.3. The maximum Gasteiger partial charge on any atom is 0.0422 e. The van der Waals surface area contributed by atoms with E-state index in [-0.39, 0.29) is 0 Å². The standard InChI is InChI=1S/C13H12BrN/c14-12-7-8-13(15-9-5-6-9)11-4-2-1-3-10(11)12/h1-4,7-9,15H,5-6H2. The molecule has 1 aliphatic rings. The Morgan fingerprint density at radius 1 is 1.00 bits per heavy atom. The molecule has 76 valence electrons. The maximum atomic E-state index is 3.59. The summed E-state index contributed by atoms with van der Waals surface area (Å²) in [6, 6.07) is 13.5. The van der Waals surface area contributed by atoms with E-state index in [4.69, 9.17) is 0 Å². The number of rotatable bonds is 2. The number of halogens is 1. The number of benzene rings is 2. The van der Waals surface area contributed by atoms with E-state index >= 15 is 0 Å². The normalized spacial score (nSPS) is 15.5. The van der Waals surface area contributed by atoms with Gasteiger partial charge in [0.25, 0.3) is 0 Å². The lowest BCUT2D eigenvalue weighted by atomic mass is 10.1. The van der Waals surface area contributed by atoms with Crippen LogP contribution in [0.1, 0.15) is 12.8 Å². The largest absolute Gasteiger partial charge is 0.382 e. The minimum absolute atomic E-state index is 0.703. The Morgan fingerprint density at radius 3 is 2.47 bits per heavy atom. The van der Waals surface area contributed by atoms with Gasteiger partial charge in [0.05, 0.1) is 0 Å². The second-order valence-electron chi connectivity index (χ2n) is 4.06. The predicted molar refractivity (Wildman–Crippen MR) is 68.3 cm³/mol. The molecular formula is C13H12BrN. The summed E-state index contributed by atoms with van der Waals surface area (Å²) in [7, 11) is 0. The molecule has 0 aliphatic heterocycles. The lowest BCUT2D eigenvalue weighted by Crippen LogP contribution is -2.01. The molecule has 0 spiro atoms. The van der Waals surface area contributed by atoms with Gasteiger partial charge in [0, 0.05) is 21.6 Å². The minimum atomic E-state index is 0.703. The highest BCUT2D eigenvalue weighted by Gasteiger charge is 2.21. The van der Waals surface area contributed by atoms with Crippen LogP contribution in [-0.2, 0) is 0 Å². The molecule has 2 aromatic rings. The summed E-state index contributed by atoms with van der Waals surface area (Å²) >= 11 is 3.59. The molecular weight excluding hydrogens is 250 g/mol. The van der Waals surface area contributed by atoms with Crippen LogP contribution in [0.25, 0.3) is 10.8 Å². The molecule has 2 heteroatoms. The Morgan fingerprint density at radius 2 is 1.73 bits per heavy atom. The summed E-state index contributed by atoms with van der Waals surface area (Å²) in [5.74, 6) is 0. The van der Waals surface area contributed by atoms with Crippen LogP contribution in [0.15, 0.2) is 40.9 Å². The van der Waals surface area contributed by atoms with E-state index < -0.39 is 0 Å². The van der Waals surface area contributed by atoms with Gasteiger partial charge in [-0.1, -0.05) is 40.2 Å². The summed E-state index contributed by atoms with van der Waals surface area (Å²) in [6.07, 6.45) is 2.62. The smallest absolute Gasteiger partial charge is 0.0422 e. The number of hydrogen-bond acceptors (Lipinski definition) is 1. The van der Waals surface area contributed by atoms with Crippen molar-refractivity contribution >= 4 is 32.4 Å². The summed E-state index contributed by atoms with van der Waals surface area (Å²) in [5.41, 5.74) is 1.26. The molecule has 0 radical (unpaired) electrons. The first kappa shape index (κ1) is 9.22. The van der Waals surface area contributed by atoms with Crippen molar-refractivity contribution in [3.63, 3.8) is 0 Å². The van der Waals surface area contributed by atoms with Gasteiger partial charge in [-0.3, -0.25) is 0 Å². The first-order chi connectivity index (χ1) is 7.34. The Kier molecular flexibility index (Phi) is 2.17. The topological polar surface area (TPSA) is 12.0 Å². The van der Waals surface area contributed by atoms with Crippen LogP contribution in [0.4, 0.5) is 5.69 Å². The number of fused-ring (bicyclic) bond motifs is 1. The molecule has 15 heavy (non-hydrogen) atoms. The zero-order valence-corrected chi connectivity index (χ0v) is 9.92. The molecule has 1 aliphatic carbocycles. The fraction of sp³-hybridized carbons (Fsp3) is 0.231. The fourth-order valence-electron chi connectivity index (χ4n) is 1.84. The highest BCUT2D eigenvalue weighted by molar-refractivity contribution is 9.10. The van der Waals surface area contributed by atoms with Gasteiger partial charge in [0.1, 0.15) is 0 Å². The zero-order valence-electron chi connectivity index (χ0n) is 8.33. The highest BCUT2D eigenvalue weighted by Crippen LogP contribution is 2.33. The predicted octanol–water partition coefficient (Wildman–Crippen LogP) is 4.18. The quantitative estimate of drug-likeness (QED) is 0.856. The SMILES string of the molecule is Brc1ccc(NC2CC2)c2ccccc12. The lowest BCUT2D eigenvalue weighted by molar-refractivity contribution is 1.16. The van der Waals surface area contributed by atoms with Crippen molar-refractivity contribution in [1.82, 2.24) is 0 Å². The van der Waals surface area contributed by atoms with Crippen LogP contribution in [0.2, 0.25) is 0 Å². The summed E-state index contributed by atoms with van der Waals surface area (Å²) in [5, 5.41) is 6.15. The van der Waals surface area contributed by atoms with Crippen molar-refractivity contribution in [2.75, 3.05) is 5.32 Å². The van der Waals surface area contributed by atoms with Gasteiger partial charge in [0.2, 0.25) is 0 Å². The molecule has 3 rings (SSSR count). The van der Waals surface area contributed by atoms with Gasteiger partial charge < -0.3 is 5.32 Å². The third kappa shape index (κ3) is 1.74. The molecule has 2 aromatic carbocycles. The molecule has 0 saturated heterocycles. The van der Waals surface area contributed by atoms with Crippen LogP contribution in [-0.4, -0.2) is 6.04 Å². The molecule has 0 bridgehead atoms. The second-order valence-corrected chi connectivity index (χ2v) is 4.91. The Balaban J connectivity index is 2.16. The first-order valence-corrected chi connectivity index (χ1v) is 6.08. The van der Waals surface area contributed by atoms with Gasteiger partial charge in [-0.25, -0.2) is 0 Å². The molecule has 0 amide bonds. The molecule has 0 aromatic heterocycles. The van der Waals surface area contributed by atoms with Crippen LogP contribution < -0.4 is 5.32 Å². The fourth-order valence-corrected chi connectivity index (χ4v) is 2.31. The van der Waals surface area contributed by atoms with Gasteiger partial charge in [-0.05, 0) is 30.4 Å². The van der Waals surface area contributed by atoms with E-state index in [1.165, 1.54) is 33.8 Å². The van der Waals surface area contributed by atoms with Crippen molar-refractivity contribution in [2.24, 2.45) is 0 Å². The van der Waals surface area contributed by atoms with Crippen molar-refractivity contribution in [3.8, 4) is 0 Å². The van der Waals surface area contributed by atoms with E-state index in [0.717, 1.165) is 0 Å². The third-order valence-corrected chi connectivity index (χ3v) is 3.50. The minimum Gasteiger partial charge on any atom is -0.382 e. The second kappa shape index (κ2) is 3.53. The summed E-state index contributed by atoms with van der Waals surface area (Å²) in [6.45, 7) is 0. The highest BCUT2D eigenvalue weighted by atomic mass is 79.9. The average Bonchev–Trinajstić information content (AvgIpc) is 3.07. The van der Waals surface area contributed by atoms with E-state index in [9.17, 15) is 0 Å². The van der Waals surface area contributed by atoms with E-state index in [0.29, 0.717) is 6.04 Å². The van der Waals surface area contributed by atoms with E-state index in [1.807, 2.05) is 0 Å². The number of anilines is 1. The molecule has 1 fully saturated rings. The van der Waals surface area contributed by atoms with Crippen LogP contribution in [0.3, 0.4) is 0 Å². The van der Waals surface area contributed by atoms with Crippen molar-refractivity contribution in [3.05, 3.63) is 40.9 Å². The third-order valence-electron chi connectivity index (χ3n) is 2.81. The monoisotopic (exact) mass is 261 g/mol. The van der Waals surface area contributed by atoms with Gasteiger partial charge >= 0.3 is 0 Å². The molecule has 0 atom stereocenters. The Labute approximate surface area is 97.6 Å². The molecule has 1 saturated carbocycles. The van der Waals surface area contributed by atoms with Crippen LogP contribution in [0.5, 0.6) is 0 Å². The molecule has 0 unspecified atom stereocenters. The Hall–Kier alpha value is -1.02. The lowest BCUT2D eigenvalue weighted by Gasteiger charge is -2.09. The molecule has 1 nitrogen and oxygen atoms in total. The summed E-state index contributed by atoms with van der Waals surface area (Å²) in [4.78, 5) is 0. The van der Waals surface area contributed by atoms with Gasteiger partial charge in [0.15, 0.2) is 0 Å². The van der Waals surface area contributed by atoms with Gasteiger partial charge in [-0.2, -0.15) is 0 Å². The average molecular weight is 262 g/mol. The maximum absolute atomic E-state index is 3.59. The molecule has 0 heterocycles. The summed E-state index contributed by atoms with van der Waals surface area (Å²) < 4.78 is 1.17. The number of hydrogen-bond donors (Lipinski definition) is 1. The first-order valence-electron chi connectivity index (χ1n) is 5.28. The Bertz CT molecular complexity index is 503. The van der Waals surface area contributed by atoms with Crippen molar-refractivity contribution < 1.29 is 0 Å². The number of nitrogens with one attached hydrogen (secondary N) is 1. The molecule has 1 N–H and O–H groups in total.